The third-order valence-electron chi connectivity index (χ3n) is 3.57. The predicted octanol–water partition coefficient (Wildman–Crippen LogP) is 2.46. The van der Waals surface area contributed by atoms with E-state index in [0.717, 1.165) is 34.1 Å². The van der Waals surface area contributed by atoms with Crippen LogP contribution in [0.25, 0.3) is 28.4 Å². The fraction of sp³-hybridized carbons (Fsp3) is 0.133. The molecule has 4 aromatic rings. The minimum atomic E-state index is 0.829. The van der Waals surface area contributed by atoms with E-state index in [2.05, 4.69) is 24.6 Å². The molecule has 0 saturated carbocycles. The van der Waals surface area contributed by atoms with Crippen molar-refractivity contribution in [1.82, 2.24) is 29.3 Å². The van der Waals surface area contributed by atoms with E-state index in [-0.39, 0.29) is 0 Å². The van der Waals surface area contributed by atoms with E-state index in [1.54, 1.807) is 10.9 Å². The molecule has 0 amide bonds. The van der Waals surface area contributed by atoms with Crippen molar-refractivity contribution < 1.29 is 0 Å². The standard InChI is InChI=1S/C15H14N6/c1-10-13-15(20(2)19-10)18-14(17-13)12-6-4-8-21(12)11-5-3-7-16-9-11/h3-9H,1-2H3,(H,17,18). The Morgan fingerprint density at radius 2 is 2.10 bits per heavy atom. The van der Waals surface area contributed by atoms with Crippen LogP contribution >= 0.6 is 0 Å². The lowest BCUT2D eigenvalue weighted by Crippen LogP contribution is -1.97. The zero-order valence-electron chi connectivity index (χ0n) is 11.8. The summed E-state index contributed by atoms with van der Waals surface area (Å²) < 4.78 is 3.86. The van der Waals surface area contributed by atoms with Crippen molar-refractivity contribution in [2.75, 3.05) is 0 Å². The monoisotopic (exact) mass is 278 g/mol. The number of nitrogens with one attached hydrogen (secondary N) is 1. The number of H-pyrrole nitrogens is 1. The van der Waals surface area contributed by atoms with Gasteiger partial charge in [0.2, 0.25) is 0 Å². The predicted molar refractivity (Wildman–Crippen MR) is 80.2 cm³/mol. The molecule has 0 fully saturated rings. The normalized spacial score (nSPS) is 11.3. The Balaban J connectivity index is 1.90. The van der Waals surface area contributed by atoms with E-state index in [9.17, 15) is 0 Å². The van der Waals surface area contributed by atoms with Crippen molar-refractivity contribution in [1.29, 1.82) is 0 Å². The highest BCUT2D eigenvalue weighted by atomic mass is 15.3. The van der Waals surface area contributed by atoms with E-state index in [0.29, 0.717) is 0 Å². The molecule has 0 aromatic carbocycles. The van der Waals surface area contributed by atoms with Crippen molar-refractivity contribution in [2.24, 2.45) is 7.05 Å². The Morgan fingerprint density at radius 1 is 1.19 bits per heavy atom. The molecule has 0 spiro atoms. The third-order valence-corrected chi connectivity index (χ3v) is 3.57. The van der Waals surface area contributed by atoms with Crippen LogP contribution in [0.15, 0.2) is 42.9 Å². The van der Waals surface area contributed by atoms with Gasteiger partial charge < -0.3 is 9.55 Å². The Kier molecular flexibility index (Phi) is 2.44. The van der Waals surface area contributed by atoms with Gasteiger partial charge in [-0.25, -0.2) is 9.67 Å². The second kappa shape index (κ2) is 4.31. The summed E-state index contributed by atoms with van der Waals surface area (Å²) in [6.07, 6.45) is 5.60. The number of imidazole rings is 1. The first kappa shape index (κ1) is 11.9. The van der Waals surface area contributed by atoms with Crippen LogP contribution in [0.2, 0.25) is 0 Å². The number of nitrogens with zero attached hydrogens (tertiary/aromatic N) is 5. The lowest BCUT2D eigenvalue weighted by Gasteiger charge is -2.06. The van der Waals surface area contributed by atoms with Gasteiger partial charge in [-0.2, -0.15) is 5.10 Å². The Hall–Kier alpha value is -2.89. The number of pyridine rings is 1. The van der Waals surface area contributed by atoms with Gasteiger partial charge in [0.1, 0.15) is 5.52 Å². The minimum absolute atomic E-state index is 0.829. The molecule has 1 N–H and O–H groups in total. The summed E-state index contributed by atoms with van der Waals surface area (Å²) in [4.78, 5) is 12.2. The molecule has 104 valence electrons. The van der Waals surface area contributed by atoms with Crippen molar-refractivity contribution in [3.63, 3.8) is 0 Å². The molecule has 6 heteroatoms. The number of rotatable bonds is 2. The van der Waals surface area contributed by atoms with E-state index < -0.39 is 0 Å². The molecule has 21 heavy (non-hydrogen) atoms. The van der Waals surface area contributed by atoms with Crippen LogP contribution in [0.5, 0.6) is 0 Å². The van der Waals surface area contributed by atoms with Gasteiger partial charge in [-0.05, 0) is 31.2 Å². The zero-order chi connectivity index (χ0) is 14.4. The largest absolute Gasteiger partial charge is 0.334 e. The average Bonchev–Trinajstić information content (AvgIpc) is 3.18. The van der Waals surface area contributed by atoms with E-state index in [4.69, 9.17) is 0 Å². The lowest BCUT2D eigenvalue weighted by atomic mass is 10.3. The smallest absolute Gasteiger partial charge is 0.176 e. The minimum Gasteiger partial charge on any atom is -0.334 e. The van der Waals surface area contributed by atoms with Crippen molar-refractivity contribution >= 4 is 11.2 Å². The number of aryl methyl sites for hydroxylation is 2. The first-order valence-corrected chi connectivity index (χ1v) is 6.71. The summed E-state index contributed by atoms with van der Waals surface area (Å²) in [5.74, 6) is 0.829. The summed E-state index contributed by atoms with van der Waals surface area (Å²) in [7, 11) is 1.90. The quantitative estimate of drug-likeness (QED) is 0.612. The SMILES string of the molecule is Cc1nn(C)c2nc(-c3cccn3-c3cccnc3)[nH]c12. The van der Waals surface area contributed by atoms with Crippen molar-refractivity contribution in [3.05, 3.63) is 48.5 Å². The third kappa shape index (κ3) is 1.76. The molecule has 0 unspecified atom stereocenters. The molecule has 0 aliphatic heterocycles. The Bertz CT molecular complexity index is 878. The van der Waals surface area contributed by atoms with Gasteiger partial charge in [-0.3, -0.25) is 4.98 Å². The van der Waals surface area contributed by atoms with E-state index >= 15 is 0 Å². The molecule has 0 radical (unpaired) electrons. The fourth-order valence-corrected chi connectivity index (χ4v) is 2.59. The summed E-state index contributed by atoms with van der Waals surface area (Å²) in [6, 6.07) is 7.98. The number of hydrogen-bond donors (Lipinski definition) is 1. The van der Waals surface area contributed by atoms with Crippen LogP contribution in [-0.4, -0.2) is 29.3 Å². The molecular formula is C15H14N6. The molecule has 0 saturated heterocycles. The van der Waals surface area contributed by atoms with Gasteiger partial charge in [0.25, 0.3) is 0 Å². The summed E-state index contributed by atoms with van der Waals surface area (Å²) in [6.45, 7) is 1.98. The molecule has 4 rings (SSSR count). The number of aromatic nitrogens is 6. The van der Waals surface area contributed by atoms with Gasteiger partial charge in [0.15, 0.2) is 11.5 Å². The van der Waals surface area contributed by atoms with Crippen LogP contribution in [0.4, 0.5) is 0 Å². The fourth-order valence-electron chi connectivity index (χ4n) is 2.59. The first-order valence-electron chi connectivity index (χ1n) is 6.71. The van der Waals surface area contributed by atoms with Crippen LogP contribution in [0, 0.1) is 6.92 Å². The number of hydrogen-bond acceptors (Lipinski definition) is 3. The highest BCUT2D eigenvalue weighted by molar-refractivity contribution is 5.78. The van der Waals surface area contributed by atoms with Gasteiger partial charge in [0.05, 0.1) is 23.3 Å². The Morgan fingerprint density at radius 3 is 2.86 bits per heavy atom. The van der Waals surface area contributed by atoms with Crippen molar-refractivity contribution in [2.45, 2.75) is 6.92 Å². The van der Waals surface area contributed by atoms with Gasteiger partial charge >= 0.3 is 0 Å². The van der Waals surface area contributed by atoms with Gasteiger partial charge in [0, 0.05) is 19.4 Å². The van der Waals surface area contributed by atoms with Gasteiger partial charge in [-0.15, -0.1) is 0 Å². The summed E-state index contributed by atoms with van der Waals surface area (Å²) in [5.41, 5.74) is 4.80. The lowest BCUT2D eigenvalue weighted by molar-refractivity contribution is 0.773. The van der Waals surface area contributed by atoms with Crippen LogP contribution in [0.3, 0.4) is 0 Å². The second-order valence-electron chi connectivity index (χ2n) is 4.97. The maximum Gasteiger partial charge on any atom is 0.176 e. The molecule has 0 bridgehead atoms. The van der Waals surface area contributed by atoms with E-state index in [1.165, 1.54) is 0 Å². The zero-order valence-corrected chi connectivity index (χ0v) is 11.8. The van der Waals surface area contributed by atoms with Gasteiger partial charge in [-0.1, -0.05) is 0 Å². The topological polar surface area (TPSA) is 64.3 Å². The van der Waals surface area contributed by atoms with E-state index in [1.807, 2.05) is 50.6 Å². The Labute approximate surface area is 121 Å². The maximum atomic E-state index is 4.67. The molecule has 0 aliphatic rings. The van der Waals surface area contributed by atoms with Crippen LogP contribution in [-0.2, 0) is 7.05 Å². The first-order chi connectivity index (χ1) is 10.2. The average molecular weight is 278 g/mol. The molecular weight excluding hydrogens is 264 g/mol. The summed E-state index contributed by atoms with van der Waals surface area (Å²) in [5, 5.41) is 4.36. The highest BCUT2D eigenvalue weighted by Crippen LogP contribution is 2.24. The molecule has 6 nitrogen and oxygen atoms in total. The van der Waals surface area contributed by atoms with Crippen molar-refractivity contribution in [3.8, 4) is 17.2 Å². The summed E-state index contributed by atoms with van der Waals surface area (Å²) >= 11 is 0. The molecule has 4 heterocycles. The second-order valence-corrected chi connectivity index (χ2v) is 4.97. The number of aromatic amines is 1. The molecule has 0 aliphatic carbocycles. The molecule has 4 aromatic heterocycles. The molecule has 0 atom stereocenters. The van der Waals surface area contributed by atoms with Crippen LogP contribution < -0.4 is 0 Å². The highest BCUT2D eigenvalue weighted by Gasteiger charge is 2.14. The number of fused-ring (bicyclic) bond motifs is 1. The van der Waals surface area contributed by atoms with Crippen LogP contribution in [0.1, 0.15) is 5.69 Å². The maximum absolute atomic E-state index is 4.67.